The second-order valence-corrected chi connectivity index (χ2v) is 12.7. The van der Waals surface area contributed by atoms with Crippen LogP contribution in [0.3, 0.4) is 0 Å². The van der Waals surface area contributed by atoms with Gasteiger partial charge in [-0.15, -0.1) is 12.4 Å². The Hall–Kier alpha value is -3.13. The van der Waals surface area contributed by atoms with E-state index in [9.17, 15) is 26.4 Å². The van der Waals surface area contributed by atoms with Gasteiger partial charge in [0.25, 0.3) is 5.91 Å². The van der Waals surface area contributed by atoms with Crippen molar-refractivity contribution >= 4 is 45.3 Å². The van der Waals surface area contributed by atoms with Crippen molar-refractivity contribution in [3.63, 3.8) is 0 Å². The monoisotopic (exact) mass is 640 g/mol. The second-order valence-electron chi connectivity index (χ2n) is 11.0. The number of aromatic nitrogens is 2. The van der Waals surface area contributed by atoms with Gasteiger partial charge in [-0.05, 0) is 80.1 Å². The minimum atomic E-state index is -4.39. The summed E-state index contributed by atoms with van der Waals surface area (Å²) in [6.45, 7) is 7.38. The first-order chi connectivity index (χ1) is 20.0. The summed E-state index contributed by atoms with van der Waals surface area (Å²) < 4.78 is 66.9. The molecule has 2 atom stereocenters. The highest BCUT2D eigenvalue weighted by atomic mass is 35.5. The molecule has 9 nitrogen and oxygen atoms in total. The molecule has 2 aromatic carbocycles. The van der Waals surface area contributed by atoms with Gasteiger partial charge in [0.2, 0.25) is 16.0 Å². The zero-order valence-electron chi connectivity index (χ0n) is 23.6. The van der Waals surface area contributed by atoms with E-state index in [1.54, 1.807) is 17.0 Å². The van der Waals surface area contributed by atoms with Crippen molar-refractivity contribution in [3.05, 3.63) is 71.1 Å². The number of hydrogen-bond donors (Lipinski definition) is 3. The quantitative estimate of drug-likeness (QED) is 0.299. The zero-order chi connectivity index (χ0) is 29.9. The molecule has 2 fully saturated rings. The molecule has 0 saturated carbocycles. The van der Waals surface area contributed by atoms with E-state index in [0.717, 1.165) is 49.0 Å². The highest BCUT2D eigenvalue weighted by Crippen LogP contribution is 2.30. The second kappa shape index (κ2) is 13.7. The van der Waals surface area contributed by atoms with Gasteiger partial charge in [-0.25, -0.2) is 18.1 Å². The van der Waals surface area contributed by atoms with E-state index in [1.165, 1.54) is 12.1 Å². The predicted octanol–water partition coefficient (Wildman–Crippen LogP) is 4.61. The molecule has 1 amide bonds. The third-order valence-corrected chi connectivity index (χ3v) is 8.94. The van der Waals surface area contributed by atoms with Crippen LogP contribution in [0, 0.1) is 11.8 Å². The fraction of sp³-hybridized carbons (Fsp3) is 0.448. The predicted molar refractivity (Wildman–Crippen MR) is 162 cm³/mol. The number of alkyl halides is 3. The zero-order valence-corrected chi connectivity index (χ0v) is 25.2. The Labute approximate surface area is 255 Å². The molecule has 2 saturated heterocycles. The number of amides is 1. The number of hydrogen-bond acceptors (Lipinski definition) is 6. The van der Waals surface area contributed by atoms with Crippen LogP contribution in [-0.2, 0) is 29.3 Å². The number of nitrogens with zero attached hydrogens (tertiary/aromatic N) is 3. The number of imidazole rings is 1. The largest absolute Gasteiger partial charge is 0.416 e. The number of halogens is 4. The van der Waals surface area contributed by atoms with Crippen LogP contribution in [0.2, 0.25) is 0 Å². The van der Waals surface area contributed by atoms with Gasteiger partial charge in [0, 0.05) is 43.7 Å². The fourth-order valence-electron chi connectivity index (χ4n) is 5.57. The molecule has 1 unspecified atom stereocenters. The van der Waals surface area contributed by atoms with Gasteiger partial charge in [0.15, 0.2) is 0 Å². The fourth-order valence-corrected chi connectivity index (χ4v) is 6.16. The van der Waals surface area contributed by atoms with E-state index >= 15 is 0 Å². The van der Waals surface area contributed by atoms with Gasteiger partial charge in [-0.2, -0.15) is 13.2 Å². The summed E-state index contributed by atoms with van der Waals surface area (Å²) in [4.78, 5) is 19.9. The molecule has 2 aliphatic rings. The number of benzene rings is 2. The molecule has 234 valence electrons. The van der Waals surface area contributed by atoms with Crippen LogP contribution in [0.4, 0.5) is 19.1 Å². The summed E-state index contributed by atoms with van der Waals surface area (Å²) in [5.41, 5.74) is 2.01. The lowest BCUT2D eigenvalue weighted by atomic mass is 9.99. The van der Waals surface area contributed by atoms with Crippen LogP contribution in [0.15, 0.2) is 54.5 Å². The molecular formula is C29H36ClF3N6O3S. The molecule has 3 N–H and O–H groups in total. The molecule has 3 aromatic rings. The van der Waals surface area contributed by atoms with Gasteiger partial charge < -0.3 is 20.1 Å². The van der Waals surface area contributed by atoms with Crippen molar-refractivity contribution in [1.29, 1.82) is 0 Å². The maximum Gasteiger partial charge on any atom is 0.416 e. The van der Waals surface area contributed by atoms with Crippen molar-refractivity contribution in [2.45, 2.75) is 38.5 Å². The highest BCUT2D eigenvalue weighted by Gasteiger charge is 2.30. The molecule has 0 radical (unpaired) electrons. The third kappa shape index (κ3) is 8.08. The summed E-state index contributed by atoms with van der Waals surface area (Å²) in [7, 11) is -3.52. The molecule has 43 heavy (non-hydrogen) atoms. The van der Waals surface area contributed by atoms with Crippen LogP contribution in [0.25, 0.3) is 11.0 Å². The van der Waals surface area contributed by atoms with E-state index in [-0.39, 0.29) is 30.8 Å². The van der Waals surface area contributed by atoms with E-state index in [4.69, 9.17) is 4.98 Å². The summed E-state index contributed by atoms with van der Waals surface area (Å²) >= 11 is 0. The molecular weight excluding hydrogens is 605 g/mol. The van der Waals surface area contributed by atoms with E-state index in [1.807, 2.05) is 6.07 Å². The van der Waals surface area contributed by atoms with Gasteiger partial charge in [0.05, 0.1) is 16.6 Å². The summed E-state index contributed by atoms with van der Waals surface area (Å²) in [5, 5.41) is 7.60. The summed E-state index contributed by atoms with van der Waals surface area (Å²) in [6.07, 6.45) is -1.55. The Kier molecular flexibility index (Phi) is 10.4. The Morgan fingerprint density at radius 3 is 2.58 bits per heavy atom. The molecule has 0 bridgehead atoms. The molecule has 5 rings (SSSR count). The van der Waals surface area contributed by atoms with Gasteiger partial charge in [0.1, 0.15) is 0 Å². The van der Waals surface area contributed by atoms with E-state index in [0.29, 0.717) is 61.1 Å². The first-order valence-electron chi connectivity index (χ1n) is 14.0. The van der Waals surface area contributed by atoms with Crippen LogP contribution in [0.5, 0.6) is 0 Å². The summed E-state index contributed by atoms with van der Waals surface area (Å²) in [6, 6.07) is 10.5. The minimum absolute atomic E-state index is 0. The van der Waals surface area contributed by atoms with Crippen LogP contribution >= 0.6 is 12.4 Å². The first-order valence-corrected chi connectivity index (χ1v) is 15.6. The Bertz CT molecular complexity index is 1540. The Balaban J connectivity index is 0.00000423. The number of nitrogens with one attached hydrogen (secondary N) is 3. The van der Waals surface area contributed by atoms with Crippen molar-refractivity contribution in [1.82, 2.24) is 24.5 Å². The number of fused-ring (bicyclic) bond motifs is 1. The standard InChI is InChI=1S/C29H35F3N6O3S.ClH/c1-2-42(40,41)35-17-22-11-13-37(18-22)27(39)23-7-10-26-25(14-23)36-28(38(26)19-21-4-3-12-33-15-21)34-16-20-5-8-24(9-6-20)29(30,31)32;/h2,5-10,14,21-22,33,35H,1,3-4,11-13,15-19H2,(H,34,36);1H/t21?,22-;/m1./s1. The number of anilines is 1. The van der Waals surface area contributed by atoms with Crippen molar-refractivity contribution in [2.75, 3.05) is 38.0 Å². The number of piperidine rings is 1. The van der Waals surface area contributed by atoms with Gasteiger partial charge >= 0.3 is 6.18 Å². The van der Waals surface area contributed by atoms with Crippen LogP contribution in [-0.4, -0.2) is 61.5 Å². The number of likely N-dealkylation sites (tertiary alicyclic amines) is 1. The third-order valence-electron chi connectivity index (χ3n) is 7.93. The lowest BCUT2D eigenvalue weighted by Gasteiger charge is -2.24. The van der Waals surface area contributed by atoms with Crippen LogP contribution in [0.1, 0.15) is 40.7 Å². The normalized spacial score (nSPS) is 19.3. The lowest BCUT2D eigenvalue weighted by Crippen LogP contribution is -2.32. The number of sulfonamides is 1. The maximum atomic E-state index is 13.3. The Morgan fingerprint density at radius 1 is 1.14 bits per heavy atom. The maximum absolute atomic E-state index is 13.3. The molecule has 0 aliphatic carbocycles. The molecule has 1 aromatic heterocycles. The minimum Gasteiger partial charge on any atom is -0.352 e. The number of carbonyl (C=O) groups excluding carboxylic acids is 1. The average molecular weight is 641 g/mol. The topological polar surface area (TPSA) is 108 Å². The van der Waals surface area contributed by atoms with E-state index < -0.39 is 21.8 Å². The highest BCUT2D eigenvalue weighted by molar-refractivity contribution is 7.92. The van der Waals surface area contributed by atoms with Crippen LogP contribution < -0.4 is 15.4 Å². The first kappa shape index (κ1) is 32.8. The Morgan fingerprint density at radius 2 is 1.91 bits per heavy atom. The number of rotatable bonds is 10. The summed E-state index contributed by atoms with van der Waals surface area (Å²) in [5.74, 6) is 0.855. The van der Waals surface area contributed by atoms with Crippen molar-refractivity contribution in [2.24, 2.45) is 11.8 Å². The molecule has 2 aliphatic heterocycles. The van der Waals surface area contributed by atoms with E-state index in [2.05, 4.69) is 26.5 Å². The lowest BCUT2D eigenvalue weighted by molar-refractivity contribution is -0.137. The molecule has 14 heteroatoms. The molecule has 3 heterocycles. The smallest absolute Gasteiger partial charge is 0.352 e. The number of carbonyl (C=O) groups is 1. The average Bonchev–Trinajstić information content (AvgIpc) is 3.59. The van der Waals surface area contributed by atoms with Gasteiger partial charge in [-0.3, -0.25) is 4.79 Å². The van der Waals surface area contributed by atoms with Gasteiger partial charge in [-0.1, -0.05) is 18.7 Å². The van der Waals surface area contributed by atoms with Crippen molar-refractivity contribution in [3.8, 4) is 0 Å². The molecule has 0 spiro atoms. The van der Waals surface area contributed by atoms with Crippen molar-refractivity contribution < 1.29 is 26.4 Å². The SMILES string of the molecule is C=CS(=O)(=O)NC[C@H]1CCN(C(=O)c2ccc3c(c2)nc(NCc2ccc(C(F)(F)F)cc2)n3CC2CCCNC2)C1.Cl.